The monoisotopic (exact) mass is 279 g/mol. The smallest absolute Gasteiger partial charge is 0.748 e. The molecular formula is C11H14NNaO4S. The van der Waals surface area contributed by atoms with Gasteiger partial charge < -0.3 is 9.45 Å². The Morgan fingerprint density at radius 3 is 2.33 bits per heavy atom. The average molecular weight is 279 g/mol. The largest absolute Gasteiger partial charge is 1.00 e. The minimum absolute atomic E-state index is 0. The van der Waals surface area contributed by atoms with E-state index in [9.17, 15) is 17.8 Å². The quantitative estimate of drug-likeness (QED) is 0.432. The fourth-order valence-electron chi connectivity index (χ4n) is 1.28. The van der Waals surface area contributed by atoms with Crippen LogP contribution in [0, 0.1) is 0 Å². The molecule has 1 rings (SSSR count). The normalized spacial score (nSPS) is 10.6. The molecule has 1 aromatic carbocycles. The maximum Gasteiger partial charge on any atom is 1.00 e. The Bertz CT molecular complexity index is 475. The summed E-state index contributed by atoms with van der Waals surface area (Å²) in [5, 5.41) is 0. The van der Waals surface area contributed by atoms with E-state index < -0.39 is 15.9 Å². The molecule has 0 spiro atoms. The Morgan fingerprint density at radius 2 is 1.83 bits per heavy atom. The van der Waals surface area contributed by atoms with E-state index in [1.165, 1.54) is 11.9 Å². The minimum Gasteiger partial charge on any atom is -0.748 e. The van der Waals surface area contributed by atoms with Gasteiger partial charge in [0.15, 0.2) is 0 Å². The molecule has 18 heavy (non-hydrogen) atoms. The van der Waals surface area contributed by atoms with Crippen LogP contribution in [0.2, 0.25) is 0 Å². The summed E-state index contributed by atoms with van der Waals surface area (Å²) >= 11 is 0. The van der Waals surface area contributed by atoms with E-state index in [2.05, 4.69) is 0 Å². The van der Waals surface area contributed by atoms with Crippen LogP contribution in [0.15, 0.2) is 30.3 Å². The van der Waals surface area contributed by atoms with Gasteiger partial charge in [-0.2, -0.15) is 0 Å². The third-order valence-corrected chi connectivity index (χ3v) is 2.98. The van der Waals surface area contributed by atoms with Gasteiger partial charge in [0, 0.05) is 13.6 Å². The molecule has 0 saturated heterocycles. The first-order valence-electron chi connectivity index (χ1n) is 5.10. The van der Waals surface area contributed by atoms with Gasteiger partial charge in [-0.25, -0.2) is 8.42 Å². The molecule has 0 atom stereocenters. The van der Waals surface area contributed by atoms with Gasteiger partial charge in [-0.1, -0.05) is 30.3 Å². The number of carbonyl (C=O) groups is 1. The molecule has 0 fully saturated rings. The van der Waals surface area contributed by atoms with Crippen LogP contribution in [0.1, 0.15) is 5.56 Å². The fourth-order valence-corrected chi connectivity index (χ4v) is 1.78. The van der Waals surface area contributed by atoms with Crippen molar-refractivity contribution in [1.29, 1.82) is 0 Å². The molecule has 0 aliphatic heterocycles. The van der Waals surface area contributed by atoms with Gasteiger partial charge in [0.2, 0.25) is 5.91 Å². The second-order valence-corrected chi connectivity index (χ2v) is 5.26. The van der Waals surface area contributed by atoms with Crippen LogP contribution in [0.5, 0.6) is 0 Å². The van der Waals surface area contributed by atoms with Gasteiger partial charge in [-0.05, 0) is 5.56 Å². The number of hydrogen-bond donors (Lipinski definition) is 0. The van der Waals surface area contributed by atoms with Crippen LogP contribution in [0.3, 0.4) is 0 Å². The maximum atomic E-state index is 11.7. The van der Waals surface area contributed by atoms with E-state index >= 15 is 0 Å². The summed E-state index contributed by atoms with van der Waals surface area (Å²) < 4.78 is 31.3. The Labute approximate surface area is 129 Å². The van der Waals surface area contributed by atoms with Gasteiger partial charge in [0.25, 0.3) is 0 Å². The van der Waals surface area contributed by atoms with Crippen molar-refractivity contribution in [3.63, 3.8) is 0 Å². The van der Waals surface area contributed by atoms with Gasteiger partial charge in [0.05, 0.1) is 22.3 Å². The molecule has 7 heteroatoms. The van der Waals surface area contributed by atoms with Crippen molar-refractivity contribution in [3.8, 4) is 0 Å². The maximum absolute atomic E-state index is 11.7. The third kappa shape index (κ3) is 7.13. The Morgan fingerprint density at radius 1 is 1.28 bits per heavy atom. The van der Waals surface area contributed by atoms with Crippen LogP contribution in [-0.4, -0.2) is 43.1 Å². The molecule has 94 valence electrons. The zero-order valence-electron chi connectivity index (χ0n) is 10.5. The number of carbonyl (C=O) groups excluding carboxylic acids is 1. The number of rotatable bonds is 5. The number of benzene rings is 1. The summed E-state index contributed by atoms with van der Waals surface area (Å²) in [4.78, 5) is 12.9. The summed E-state index contributed by atoms with van der Waals surface area (Å²) in [7, 11) is -2.79. The molecular weight excluding hydrogens is 265 g/mol. The number of amides is 1. The van der Waals surface area contributed by atoms with Crippen molar-refractivity contribution in [2.24, 2.45) is 0 Å². The van der Waals surface area contributed by atoms with E-state index in [1.807, 2.05) is 30.3 Å². The van der Waals surface area contributed by atoms with Crippen molar-refractivity contribution in [1.82, 2.24) is 4.90 Å². The molecule has 5 nitrogen and oxygen atoms in total. The first-order valence-corrected chi connectivity index (χ1v) is 6.67. The van der Waals surface area contributed by atoms with Crippen molar-refractivity contribution in [3.05, 3.63) is 35.9 Å². The van der Waals surface area contributed by atoms with Crippen LogP contribution in [0.25, 0.3) is 0 Å². The Hall–Kier alpha value is -0.400. The molecule has 0 aliphatic rings. The zero-order chi connectivity index (χ0) is 12.9. The zero-order valence-corrected chi connectivity index (χ0v) is 13.3. The second-order valence-electron chi connectivity index (χ2n) is 3.74. The summed E-state index contributed by atoms with van der Waals surface area (Å²) in [5.41, 5.74) is 0.856. The fraction of sp³-hybridized carbons (Fsp3) is 0.364. The molecule has 0 bridgehead atoms. The summed E-state index contributed by atoms with van der Waals surface area (Å²) in [6.07, 6.45) is 0.205. The van der Waals surface area contributed by atoms with Crippen LogP contribution < -0.4 is 29.6 Å². The average Bonchev–Trinajstić information content (AvgIpc) is 2.26. The topological polar surface area (TPSA) is 77.5 Å². The van der Waals surface area contributed by atoms with E-state index in [0.717, 1.165) is 5.56 Å². The van der Waals surface area contributed by atoms with Crippen molar-refractivity contribution in [2.45, 2.75) is 6.42 Å². The standard InChI is InChI=1S/C11H15NO4S.Na/c1-12(7-8-17(14,15)16)11(13)9-10-5-3-2-4-6-10;/h2-6H,7-9H2,1H3,(H,14,15,16);/q;+1/p-1. The number of likely N-dealkylation sites (N-methyl/N-ethyl adjacent to an activating group) is 1. The van der Waals surface area contributed by atoms with Crippen molar-refractivity contribution in [2.75, 3.05) is 19.3 Å². The molecule has 0 aliphatic carbocycles. The van der Waals surface area contributed by atoms with Crippen LogP contribution >= 0.6 is 0 Å². The first kappa shape index (κ1) is 17.6. The van der Waals surface area contributed by atoms with E-state index in [0.29, 0.717) is 0 Å². The van der Waals surface area contributed by atoms with E-state index in [1.54, 1.807) is 0 Å². The molecule has 0 aromatic heterocycles. The van der Waals surface area contributed by atoms with Crippen molar-refractivity contribution >= 4 is 16.0 Å². The SMILES string of the molecule is CN(CCS(=O)(=O)[O-])C(=O)Cc1ccccc1.[Na+]. The van der Waals surface area contributed by atoms with E-state index in [4.69, 9.17) is 0 Å². The van der Waals surface area contributed by atoms with Gasteiger partial charge in [-0.15, -0.1) is 0 Å². The van der Waals surface area contributed by atoms with Gasteiger partial charge in [0.1, 0.15) is 0 Å². The van der Waals surface area contributed by atoms with Gasteiger partial charge >= 0.3 is 29.6 Å². The third-order valence-electron chi connectivity index (χ3n) is 2.30. The summed E-state index contributed by atoms with van der Waals surface area (Å²) in [6.45, 7) is -0.0719. The molecule has 1 aromatic rings. The molecule has 0 unspecified atom stereocenters. The molecule has 0 saturated carbocycles. The van der Waals surface area contributed by atoms with Crippen LogP contribution in [-0.2, 0) is 21.3 Å². The number of nitrogens with zero attached hydrogens (tertiary/aromatic N) is 1. The Balaban J connectivity index is 0.00000289. The molecule has 1 amide bonds. The van der Waals surface area contributed by atoms with E-state index in [-0.39, 0.29) is 48.4 Å². The Kier molecular flexibility index (Phi) is 7.73. The first-order chi connectivity index (χ1) is 7.88. The summed E-state index contributed by atoms with van der Waals surface area (Å²) in [6, 6.07) is 9.13. The molecule has 0 heterocycles. The predicted molar refractivity (Wildman–Crippen MR) is 62.3 cm³/mol. The summed E-state index contributed by atoms with van der Waals surface area (Å²) in [5.74, 6) is -0.760. The van der Waals surface area contributed by atoms with Crippen molar-refractivity contribution < 1.29 is 47.3 Å². The number of hydrogen-bond acceptors (Lipinski definition) is 4. The molecule has 0 N–H and O–H groups in total. The van der Waals surface area contributed by atoms with Crippen LogP contribution in [0.4, 0.5) is 0 Å². The second kappa shape index (κ2) is 7.91. The van der Waals surface area contributed by atoms with Gasteiger partial charge in [-0.3, -0.25) is 4.79 Å². The minimum atomic E-state index is -4.27. The molecule has 0 radical (unpaired) electrons. The predicted octanol–water partition coefficient (Wildman–Crippen LogP) is -2.76.